The van der Waals surface area contributed by atoms with E-state index >= 15 is 0 Å². The normalized spacial score (nSPS) is 8.11. The zero-order valence-electron chi connectivity index (χ0n) is 10.3. The van der Waals surface area contributed by atoms with Gasteiger partial charge in [0.05, 0.1) is 39.6 Å². The van der Waals surface area contributed by atoms with Crippen LogP contribution in [0.5, 0.6) is 0 Å². The van der Waals surface area contributed by atoms with Crippen molar-refractivity contribution in [3.8, 4) is 0 Å². The van der Waals surface area contributed by atoms with Crippen LogP contribution in [0.4, 0.5) is 4.79 Å². The smallest absolute Gasteiger partial charge is 0.450 e. The molecule has 0 bridgehead atoms. The molecule has 0 aliphatic heterocycles. The van der Waals surface area contributed by atoms with Gasteiger partial charge in [-0.05, 0) is 0 Å². The SMILES string of the molecule is C=CCOCC=C.O=C(O)O.OCCOCCO. The lowest BCUT2D eigenvalue weighted by atomic mass is 10.6. The summed E-state index contributed by atoms with van der Waals surface area (Å²) in [6, 6.07) is 0. The van der Waals surface area contributed by atoms with E-state index in [1.807, 2.05) is 0 Å². The van der Waals surface area contributed by atoms with Crippen LogP contribution in [0.1, 0.15) is 0 Å². The van der Waals surface area contributed by atoms with Gasteiger partial charge in [-0.25, -0.2) is 4.79 Å². The minimum atomic E-state index is -1.83. The van der Waals surface area contributed by atoms with E-state index in [4.69, 9.17) is 30.0 Å². The molecule has 0 saturated heterocycles. The third kappa shape index (κ3) is 62.0. The van der Waals surface area contributed by atoms with Crippen LogP contribution >= 0.6 is 0 Å². The van der Waals surface area contributed by atoms with Crippen molar-refractivity contribution < 1.29 is 34.7 Å². The molecule has 0 radical (unpaired) electrons. The van der Waals surface area contributed by atoms with Gasteiger partial charge in [0.25, 0.3) is 0 Å². The Hall–Kier alpha value is -1.41. The van der Waals surface area contributed by atoms with Crippen LogP contribution in [0.15, 0.2) is 25.3 Å². The van der Waals surface area contributed by atoms with Crippen LogP contribution in [-0.4, -0.2) is 66.2 Å². The van der Waals surface area contributed by atoms with Gasteiger partial charge >= 0.3 is 6.16 Å². The first-order chi connectivity index (χ1) is 8.56. The quantitative estimate of drug-likeness (QED) is 0.375. The molecule has 0 heterocycles. The lowest BCUT2D eigenvalue weighted by Gasteiger charge is -1.94. The maximum absolute atomic E-state index is 8.56. The van der Waals surface area contributed by atoms with Gasteiger partial charge in [0.15, 0.2) is 0 Å². The Bertz CT molecular complexity index is 166. The Morgan fingerprint density at radius 1 is 0.944 bits per heavy atom. The summed E-state index contributed by atoms with van der Waals surface area (Å²) in [7, 11) is 0. The highest BCUT2D eigenvalue weighted by Crippen LogP contribution is 1.72. The summed E-state index contributed by atoms with van der Waals surface area (Å²) in [4.78, 5) is 8.56. The highest BCUT2D eigenvalue weighted by Gasteiger charge is 1.79. The lowest BCUT2D eigenvalue weighted by molar-refractivity contribution is 0.0650. The molecule has 0 aromatic rings. The first kappa shape index (κ1) is 21.8. The van der Waals surface area contributed by atoms with E-state index in [0.29, 0.717) is 26.4 Å². The van der Waals surface area contributed by atoms with Gasteiger partial charge in [-0.3, -0.25) is 0 Å². The number of rotatable bonds is 8. The van der Waals surface area contributed by atoms with Gasteiger partial charge in [0.1, 0.15) is 0 Å². The maximum atomic E-state index is 8.56. The van der Waals surface area contributed by atoms with Gasteiger partial charge in [0, 0.05) is 0 Å². The van der Waals surface area contributed by atoms with Crippen LogP contribution in [0.25, 0.3) is 0 Å². The number of aliphatic hydroxyl groups is 2. The molecule has 0 aromatic carbocycles. The number of carboxylic acid groups (broad SMARTS) is 2. The molecule has 7 nitrogen and oxygen atoms in total. The second-order valence-electron chi connectivity index (χ2n) is 2.46. The van der Waals surface area contributed by atoms with Crippen LogP contribution < -0.4 is 0 Å². The van der Waals surface area contributed by atoms with Crippen molar-refractivity contribution in [2.75, 3.05) is 39.6 Å². The first-order valence-electron chi connectivity index (χ1n) is 5.07. The maximum Gasteiger partial charge on any atom is 0.503 e. The molecule has 0 unspecified atom stereocenters. The standard InChI is InChI=1S/C6H10O.C4H10O3.CH2O3/c1-3-5-7-6-4-2;5-1-3-7-4-2-6;2-1(3)4/h3-4H,1-2,5-6H2;5-6H,1-4H2;(H2,2,3,4). The van der Waals surface area contributed by atoms with Gasteiger partial charge in [-0.1, -0.05) is 12.2 Å². The number of ether oxygens (including phenoxy) is 2. The van der Waals surface area contributed by atoms with Crippen LogP contribution in [-0.2, 0) is 9.47 Å². The zero-order valence-corrected chi connectivity index (χ0v) is 10.3. The van der Waals surface area contributed by atoms with E-state index in [1.54, 1.807) is 12.2 Å². The molecule has 18 heavy (non-hydrogen) atoms. The highest BCUT2D eigenvalue weighted by atomic mass is 16.6. The highest BCUT2D eigenvalue weighted by molar-refractivity contribution is 5.53. The van der Waals surface area contributed by atoms with Gasteiger partial charge < -0.3 is 29.9 Å². The minimum Gasteiger partial charge on any atom is -0.450 e. The first-order valence-corrected chi connectivity index (χ1v) is 5.07. The van der Waals surface area contributed by atoms with Crippen molar-refractivity contribution in [3.63, 3.8) is 0 Å². The summed E-state index contributed by atoms with van der Waals surface area (Å²) in [6.07, 6.45) is 1.59. The van der Waals surface area contributed by atoms with E-state index < -0.39 is 6.16 Å². The number of carbonyl (C=O) groups is 1. The van der Waals surface area contributed by atoms with Crippen LogP contribution in [0.2, 0.25) is 0 Å². The van der Waals surface area contributed by atoms with Gasteiger partial charge in [-0.15, -0.1) is 13.2 Å². The fourth-order valence-electron chi connectivity index (χ4n) is 0.466. The molecule has 4 N–H and O–H groups in total. The molecular weight excluding hydrogens is 244 g/mol. The molecular formula is C11H22O7. The Morgan fingerprint density at radius 2 is 1.28 bits per heavy atom. The number of hydrogen-bond acceptors (Lipinski definition) is 5. The molecule has 0 amide bonds. The van der Waals surface area contributed by atoms with Crippen LogP contribution in [0.3, 0.4) is 0 Å². The van der Waals surface area contributed by atoms with E-state index in [0.717, 1.165) is 0 Å². The summed E-state index contributed by atoms with van der Waals surface area (Å²) < 4.78 is 9.53. The van der Waals surface area contributed by atoms with Crippen molar-refractivity contribution in [1.82, 2.24) is 0 Å². The molecule has 0 saturated carbocycles. The molecule has 0 atom stereocenters. The third-order valence-electron chi connectivity index (χ3n) is 0.943. The summed E-state index contributed by atoms with van der Waals surface area (Å²) in [5, 5.41) is 30.1. The summed E-state index contributed by atoms with van der Waals surface area (Å²) in [6.45, 7) is 8.88. The largest absolute Gasteiger partial charge is 0.503 e. The summed E-state index contributed by atoms with van der Waals surface area (Å²) in [5.74, 6) is 0. The van der Waals surface area contributed by atoms with Crippen molar-refractivity contribution >= 4 is 6.16 Å². The number of hydrogen-bond donors (Lipinski definition) is 4. The molecule has 0 aromatic heterocycles. The molecule has 108 valence electrons. The van der Waals surface area contributed by atoms with Crippen LogP contribution in [0, 0.1) is 0 Å². The van der Waals surface area contributed by atoms with Crippen molar-refractivity contribution in [2.45, 2.75) is 0 Å². The molecule has 0 fully saturated rings. The monoisotopic (exact) mass is 266 g/mol. The van der Waals surface area contributed by atoms with E-state index in [2.05, 4.69) is 17.9 Å². The van der Waals surface area contributed by atoms with Gasteiger partial charge in [-0.2, -0.15) is 0 Å². The predicted molar refractivity (Wildman–Crippen MR) is 66.9 cm³/mol. The average molecular weight is 266 g/mol. The zero-order chi connectivity index (χ0) is 14.6. The van der Waals surface area contributed by atoms with Crippen molar-refractivity contribution in [3.05, 3.63) is 25.3 Å². The van der Waals surface area contributed by atoms with E-state index in [1.165, 1.54) is 0 Å². The molecule has 7 heteroatoms. The topological polar surface area (TPSA) is 116 Å². The molecule has 0 rings (SSSR count). The lowest BCUT2D eigenvalue weighted by Crippen LogP contribution is -2.03. The van der Waals surface area contributed by atoms with Crippen molar-refractivity contribution in [2.24, 2.45) is 0 Å². The Morgan fingerprint density at radius 3 is 1.50 bits per heavy atom. The Balaban J connectivity index is -0.000000196. The fraction of sp³-hybridized carbons (Fsp3) is 0.545. The molecule has 0 aliphatic carbocycles. The number of aliphatic hydroxyl groups excluding tert-OH is 2. The fourth-order valence-corrected chi connectivity index (χ4v) is 0.466. The minimum absolute atomic E-state index is 0.0278. The predicted octanol–water partition coefficient (Wildman–Crippen LogP) is 0.585. The summed E-state index contributed by atoms with van der Waals surface area (Å²) >= 11 is 0. The average Bonchev–Trinajstić information content (AvgIpc) is 2.31. The molecule has 0 aliphatic rings. The summed E-state index contributed by atoms with van der Waals surface area (Å²) in [5.41, 5.74) is 0. The Kier molecular flexibility index (Phi) is 30.0. The second kappa shape index (κ2) is 24.7. The van der Waals surface area contributed by atoms with Gasteiger partial charge in [0.2, 0.25) is 0 Å². The second-order valence-corrected chi connectivity index (χ2v) is 2.46. The molecule has 0 spiro atoms. The van der Waals surface area contributed by atoms with E-state index in [-0.39, 0.29) is 13.2 Å². The van der Waals surface area contributed by atoms with E-state index in [9.17, 15) is 0 Å². The third-order valence-corrected chi connectivity index (χ3v) is 0.943. The Labute approximate surface area is 107 Å². The van der Waals surface area contributed by atoms with Crippen molar-refractivity contribution in [1.29, 1.82) is 0 Å².